The fraction of sp³-hybridized carbons (Fsp3) is 0.667. The molecule has 0 aliphatic heterocycles. The Morgan fingerprint density at radius 2 is 2.00 bits per heavy atom. The second-order valence-electron chi connectivity index (χ2n) is 3.01. The predicted octanol–water partition coefficient (Wildman–Crippen LogP) is 0.376. The van der Waals surface area contributed by atoms with E-state index in [2.05, 4.69) is 10.3 Å². The van der Waals surface area contributed by atoms with E-state index in [-0.39, 0.29) is 0 Å². The standard InChI is InChI=1S/C9H20N4/c1-6-12-9(11-3)7(2)8(10)13(4)5/h6,10H2,1-5H3,(H,11,12)/b8-7+. The summed E-state index contributed by atoms with van der Waals surface area (Å²) in [5.41, 5.74) is 6.83. The summed E-state index contributed by atoms with van der Waals surface area (Å²) >= 11 is 0. The Labute approximate surface area is 80.5 Å². The molecule has 0 bridgehead atoms. The van der Waals surface area contributed by atoms with Gasteiger partial charge in [0.25, 0.3) is 0 Å². The summed E-state index contributed by atoms with van der Waals surface area (Å²) in [7, 11) is 5.58. The molecule has 4 heteroatoms. The zero-order valence-electron chi connectivity index (χ0n) is 9.18. The van der Waals surface area contributed by atoms with E-state index in [1.165, 1.54) is 0 Å². The molecule has 0 heterocycles. The molecule has 0 aromatic heterocycles. The van der Waals surface area contributed by atoms with Crippen LogP contribution in [0.4, 0.5) is 0 Å². The van der Waals surface area contributed by atoms with Crippen molar-refractivity contribution >= 4 is 5.84 Å². The highest BCUT2D eigenvalue weighted by Gasteiger charge is 2.05. The van der Waals surface area contributed by atoms with Crippen LogP contribution in [0.25, 0.3) is 0 Å². The zero-order chi connectivity index (χ0) is 10.4. The van der Waals surface area contributed by atoms with Gasteiger partial charge in [-0.15, -0.1) is 0 Å². The van der Waals surface area contributed by atoms with Gasteiger partial charge < -0.3 is 16.0 Å². The molecule has 0 aromatic rings. The van der Waals surface area contributed by atoms with Gasteiger partial charge in [0.05, 0.1) is 0 Å². The summed E-state index contributed by atoms with van der Waals surface area (Å²) < 4.78 is 0. The lowest BCUT2D eigenvalue weighted by Crippen LogP contribution is -2.29. The van der Waals surface area contributed by atoms with Gasteiger partial charge in [-0.2, -0.15) is 0 Å². The molecule has 0 aliphatic rings. The molecule has 0 rings (SSSR count). The number of nitrogens with zero attached hydrogens (tertiary/aromatic N) is 2. The van der Waals surface area contributed by atoms with Crippen LogP contribution in [0.15, 0.2) is 16.4 Å². The van der Waals surface area contributed by atoms with E-state index >= 15 is 0 Å². The van der Waals surface area contributed by atoms with Crippen LogP contribution in [-0.4, -0.2) is 38.4 Å². The summed E-state index contributed by atoms with van der Waals surface area (Å²) in [4.78, 5) is 6.00. The molecule has 0 aromatic carbocycles. The van der Waals surface area contributed by atoms with Gasteiger partial charge in [-0.25, -0.2) is 0 Å². The predicted molar refractivity (Wildman–Crippen MR) is 57.6 cm³/mol. The van der Waals surface area contributed by atoms with Crippen molar-refractivity contribution < 1.29 is 0 Å². The highest BCUT2D eigenvalue weighted by molar-refractivity contribution is 5.98. The lowest BCUT2D eigenvalue weighted by molar-refractivity contribution is 0.501. The molecule has 4 nitrogen and oxygen atoms in total. The lowest BCUT2D eigenvalue weighted by atomic mass is 10.2. The van der Waals surface area contributed by atoms with Crippen LogP contribution in [0.3, 0.4) is 0 Å². The van der Waals surface area contributed by atoms with Crippen molar-refractivity contribution in [2.75, 3.05) is 27.7 Å². The van der Waals surface area contributed by atoms with Crippen molar-refractivity contribution in [1.82, 2.24) is 10.2 Å². The van der Waals surface area contributed by atoms with E-state index in [9.17, 15) is 0 Å². The van der Waals surface area contributed by atoms with Crippen molar-refractivity contribution in [3.8, 4) is 0 Å². The van der Waals surface area contributed by atoms with E-state index in [1.807, 2.05) is 32.8 Å². The molecule has 0 saturated heterocycles. The maximum Gasteiger partial charge on any atom is 0.127 e. The Hall–Kier alpha value is -1.19. The van der Waals surface area contributed by atoms with Gasteiger partial charge >= 0.3 is 0 Å². The Kier molecular flexibility index (Phi) is 4.96. The minimum absolute atomic E-state index is 0.738. The van der Waals surface area contributed by atoms with Gasteiger partial charge in [-0.3, -0.25) is 4.99 Å². The summed E-state index contributed by atoms with van der Waals surface area (Å²) in [6.45, 7) is 4.84. The van der Waals surface area contributed by atoms with Gasteiger partial charge in [0.15, 0.2) is 0 Å². The monoisotopic (exact) mass is 184 g/mol. The number of nitrogens with one attached hydrogen (secondary N) is 1. The molecule has 0 spiro atoms. The number of hydrogen-bond donors (Lipinski definition) is 2. The largest absolute Gasteiger partial charge is 0.385 e. The van der Waals surface area contributed by atoms with Crippen LogP contribution < -0.4 is 11.1 Å². The van der Waals surface area contributed by atoms with Gasteiger partial charge in [0, 0.05) is 33.3 Å². The Bertz CT molecular complexity index is 216. The molecular formula is C9H20N4. The fourth-order valence-electron chi connectivity index (χ4n) is 1.00. The number of aliphatic imine (C=N–C) groups is 1. The van der Waals surface area contributed by atoms with E-state index in [0.717, 1.165) is 23.8 Å². The smallest absolute Gasteiger partial charge is 0.127 e. The van der Waals surface area contributed by atoms with Gasteiger partial charge in [-0.05, 0) is 13.8 Å². The molecule has 0 atom stereocenters. The summed E-state index contributed by atoms with van der Waals surface area (Å²) in [5.74, 6) is 1.59. The molecular weight excluding hydrogens is 164 g/mol. The average molecular weight is 184 g/mol. The third kappa shape index (κ3) is 3.36. The first-order chi connectivity index (χ1) is 6.04. The SMILES string of the molecule is CCNC(=N/C)/C(C)=C(\N)N(C)C. The molecule has 0 radical (unpaired) electrons. The van der Waals surface area contributed by atoms with Crippen LogP contribution in [0.1, 0.15) is 13.8 Å². The third-order valence-electron chi connectivity index (χ3n) is 1.79. The number of hydrogen-bond acceptors (Lipinski definition) is 3. The van der Waals surface area contributed by atoms with Crippen molar-refractivity contribution in [3.63, 3.8) is 0 Å². The molecule has 0 saturated carbocycles. The lowest BCUT2D eigenvalue weighted by Gasteiger charge is -2.17. The van der Waals surface area contributed by atoms with Gasteiger partial charge in [0.1, 0.15) is 11.7 Å². The second-order valence-corrected chi connectivity index (χ2v) is 3.01. The van der Waals surface area contributed by atoms with E-state index in [1.54, 1.807) is 7.05 Å². The second kappa shape index (κ2) is 5.45. The van der Waals surface area contributed by atoms with Crippen molar-refractivity contribution in [2.45, 2.75) is 13.8 Å². The molecule has 0 amide bonds. The normalized spacial score (nSPS) is 13.8. The first-order valence-electron chi connectivity index (χ1n) is 4.39. The van der Waals surface area contributed by atoms with Crippen molar-refractivity contribution in [3.05, 3.63) is 11.4 Å². The van der Waals surface area contributed by atoms with Crippen LogP contribution in [0, 0.1) is 0 Å². The van der Waals surface area contributed by atoms with Gasteiger partial charge in [-0.1, -0.05) is 0 Å². The minimum atomic E-state index is 0.738. The number of nitrogens with two attached hydrogens (primary N) is 1. The number of likely N-dealkylation sites (N-methyl/N-ethyl adjacent to an activating group) is 1. The van der Waals surface area contributed by atoms with Crippen LogP contribution in [-0.2, 0) is 0 Å². The number of rotatable bonds is 3. The van der Waals surface area contributed by atoms with E-state index in [4.69, 9.17) is 5.73 Å². The van der Waals surface area contributed by atoms with Crippen molar-refractivity contribution in [2.24, 2.45) is 10.7 Å². The summed E-state index contributed by atoms with van der Waals surface area (Å²) in [6, 6.07) is 0. The molecule has 3 N–H and O–H groups in total. The summed E-state index contributed by atoms with van der Waals surface area (Å²) in [5, 5.41) is 3.15. The van der Waals surface area contributed by atoms with E-state index < -0.39 is 0 Å². The highest BCUT2D eigenvalue weighted by atomic mass is 15.1. The third-order valence-corrected chi connectivity index (χ3v) is 1.79. The molecule has 76 valence electrons. The van der Waals surface area contributed by atoms with Crippen LogP contribution in [0.5, 0.6) is 0 Å². The van der Waals surface area contributed by atoms with Crippen LogP contribution in [0.2, 0.25) is 0 Å². The maximum absolute atomic E-state index is 5.85. The Balaban J connectivity index is 4.72. The topological polar surface area (TPSA) is 53.6 Å². The molecule has 0 aliphatic carbocycles. The molecule has 0 fully saturated rings. The highest BCUT2D eigenvalue weighted by Crippen LogP contribution is 2.01. The zero-order valence-corrected chi connectivity index (χ0v) is 9.18. The first kappa shape index (κ1) is 11.8. The first-order valence-corrected chi connectivity index (χ1v) is 4.39. The summed E-state index contributed by atoms with van der Waals surface area (Å²) in [6.07, 6.45) is 0. The quantitative estimate of drug-likeness (QED) is 0.492. The van der Waals surface area contributed by atoms with Crippen molar-refractivity contribution in [1.29, 1.82) is 0 Å². The maximum atomic E-state index is 5.85. The molecule has 0 unspecified atom stereocenters. The Morgan fingerprint density at radius 3 is 2.31 bits per heavy atom. The number of amidine groups is 1. The average Bonchev–Trinajstić information content (AvgIpc) is 2.11. The Morgan fingerprint density at radius 1 is 1.46 bits per heavy atom. The minimum Gasteiger partial charge on any atom is -0.385 e. The van der Waals surface area contributed by atoms with E-state index in [0.29, 0.717) is 0 Å². The fourth-order valence-corrected chi connectivity index (χ4v) is 1.00. The molecule has 13 heavy (non-hydrogen) atoms. The van der Waals surface area contributed by atoms with Gasteiger partial charge in [0.2, 0.25) is 0 Å². The van der Waals surface area contributed by atoms with Crippen LogP contribution >= 0.6 is 0 Å².